The molecule has 0 aliphatic carbocycles. The van der Waals surface area contributed by atoms with E-state index < -0.39 is 12.9 Å². The van der Waals surface area contributed by atoms with Crippen LogP contribution in [0.5, 0.6) is 0 Å². The second-order valence-corrected chi connectivity index (χ2v) is 3.18. The molecule has 1 atom stereocenters. The highest BCUT2D eigenvalue weighted by Gasteiger charge is 2.20. The molecule has 0 N–H and O–H groups in total. The van der Waals surface area contributed by atoms with Gasteiger partial charge in [0.05, 0.1) is 0 Å². The van der Waals surface area contributed by atoms with Crippen LogP contribution in [0.25, 0.3) is 0 Å². The number of alkyl halides is 3. The van der Waals surface area contributed by atoms with Crippen molar-refractivity contribution in [1.29, 1.82) is 0 Å². The molecule has 1 aliphatic heterocycles. The molecule has 0 saturated heterocycles. The molecule has 0 spiro atoms. The minimum absolute atomic E-state index is 0.0254. The summed E-state index contributed by atoms with van der Waals surface area (Å²) in [6, 6.07) is -0.105. The van der Waals surface area contributed by atoms with Gasteiger partial charge in [-0.15, -0.1) is 0 Å². The maximum atomic E-state index is 13.2. The SMILES string of the molecule is CC(C)N1C=C(OC(F)F)C=CC1F. The molecule has 1 rings (SSSR count). The van der Waals surface area contributed by atoms with Crippen molar-refractivity contribution in [2.75, 3.05) is 0 Å². The lowest BCUT2D eigenvalue weighted by Gasteiger charge is -2.29. The molecular weight excluding hydrogens is 195 g/mol. The van der Waals surface area contributed by atoms with Gasteiger partial charge in [-0.25, -0.2) is 4.39 Å². The Morgan fingerprint density at radius 3 is 2.57 bits per heavy atom. The summed E-state index contributed by atoms with van der Waals surface area (Å²) in [6.07, 6.45) is 2.36. The molecule has 1 unspecified atom stereocenters. The number of allylic oxidation sites excluding steroid dienone is 1. The maximum Gasteiger partial charge on any atom is 0.387 e. The minimum Gasteiger partial charge on any atom is -0.433 e. The van der Waals surface area contributed by atoms with Crippen LogP contribution < -0.4 is 0 Å². The highest BCUT2D eigenvalue weighted by Crippen LogP contribution is 2.19. The summed E-state index contributed by atoms with van der Waals surface area (Å²) in [5, 5.41) is 0. The monoisotopic (exact) mass is 207 g/mol. The predicted molar refractivity (Wildman–Crippen MR) is 46.2 cm³/mol. The molecule has 14 heavy (non-hydrogen) atoms. The largest absolute Gasteiger partial charge is 0.433 e. The molecule has 0 aromatic rings. The van der Waals surface area contributed by atoms with Crippen molar-refractivity contribution in [3.8, 4) is 0 Å². The Bertz CT molecular complexity index is 250. The maximum absolute atomic E-state index is 13.2. The molecule has 0 aromatic carbocycles. The molecule has 0 aromatic heterocycles. The van der Waals surface area contributed by atoms with Gasteiger partial charge in [-0.05, 0) is 26.0 Å². The van der Waals surface area contributed by atoms with Gasteiger partial charge in [-0.1, -0.05) is 0 Å². The molecule has 5 heteroatoms. The lowest BCUT2D eigenvalue weighted by Crippen LogP contribution is -2.34. The van der Waals surface area contributed by atoms with Crippen molar-refractivity contribution in [1.82, 2.24) is 4.90 Å². The Morgan fingerprint density at radius 1 is 1.43 bits per heavy atom. The number of ether oxygens (including phenoxy) is 1. The quantitative estimate of drug-likeness (QED) is 0.659. The number of halogens is 3. The van der Waals surface area contributed by atoms with Crippen LogP contribution in [0.4, 0.5) is 13.2 Å². The van der Waals surface area contributed by atoms with Gasteiger partial charge in [0.15, 0.2) is 6.30 Å². The normalized spacial score (nSPS) is 21.8. The molecule has 0 saturated carbocycles. The Labute approximate surface area is 80.6 Å². The predicted octanol–water partition coefficient (Wildman–Crippen LogP) is 2.64. The van der Waals surface area contributed by atoms with Gasteiger partial charge in [-0.2, -0.15) is 8.78 Å². The Hall–Kier alpha value is -1.13. The molecule has 0 fully saturated rings. The van der Waals surface area contributed by atoms with E-state index in [9.17, 15) is 13.2 Å². The highest BCUT2D eigenvalue weighted by atomic mass is 19.3. The lowest BCUT2D eigenvalue weighted by atomic mass is 10.2. The van der Waals surface area contributed by atoms with E-state index in [2.05, 4.69) is 4.74 Å². The van der Waals surface area contributed by atoms with Crippen molar-refractivity contribution in [3.05, 3.63) is 24.1 Å². The van der Waals surface area contributed by atoms with Crippen LogP contribution >= 0.6 is 0 Å². The lowest BCUT2D eigenvalue weighted by molar-refractivity contribution is -0.0948. The minimum atomic E-state index is -2.88. The fraction of sp³-hybridized carbons (Fsp3) is 0.556. The first-order chi connectivity index (χ1) is 6.50. The van der Waals surface area contributed by atoms with E-state index in [1.165, 1.54) is 23.3 Å². The molecule has 1 aliphatic rings. The summed E-state index contributed by atoms with van der Waals surface area (Å²) in [7, 11) is 0. The van der Waals surface area contributed by atoms with Crippen LogP contribution in [0, 0.1) is 0 Å². The van der Waals surface area contributed by atoms with Crippen LogP contribution in [-0.2, 0) is 4.74 Å². The van der Waals surface area contributed by atoms with Gasteiger partial charge >= 0.3 is 6.61 Å². The van der Waals surface area contributed by atoms with E-state index in [0.717, 1.165) is 0 Å². The van der Waals surface area contributed by atoms with Crippen molar-refractivity contribution in [2.45, 2.75) is 32.8 Å². The van der Waals surface area contributed by atoms with Gasteiger partial charge in [0.1, 0.15) is 5.76 Å². The number of hydrogen-bond donors (Lipinski definition) is 0. The Morgan fingerprint density at radius 2 is 2.07 bits per heavy atom. The molecule has 0 amide bonds. The van der Waals surface area contributed by atoms with E-state index in [1.54, 1.807) is 13.8 Å². The summed E-state index contributed by atoms with van der Waals surface area (Å²) < 4.78 is 41.0. The average molecular weight is 207 g/mol. The molecule has 0 radical (unpaired) electrons. The standard InChI is InChI=1S/C9H12F3NO/c1-6(2)13-5-7(14-9(11)12)3-4-8(13)10/h3-6,8-9H,1-2H3. The van der Waals surface area contributed by atoms with Crippen LogP contribution in [0.15, 0.2) is 24.1 Å². The first-order valence-electron chi connectivity index (χ1n) is 4.27. The van der Waals surface area contributed by atoms with E-state index in [-0.39, 0.29) is 11.8 Å². The zero-order valence-electron chi connectivity index (χ0n) is 7.95. The summed E-state index contributed by atoms with van der Waals surface area (Å²) in [4.78, 5) is 1.30. The fourth-order valence-electron chi connectivity index (χ4n) is 1.14. The topological polar surface area (TPSA) is 12.5 Å². The summed E-state index contributed by atoms with van der Waals surface area (Å²) in [6.45, 7) is 0.654. The second kappa shape index (κ2) is 4.39. The molecule has 0 bridgehead atoms. The summed E-state index contributed by atoms with van der Waals surface area (Å²) in [5.41, 5.74) is 0. The molecular formula is C9H12F3NO. The summed E-state index contributed by atoms with van der Waals surface area (Å²) in [5.74, 6) is -0.0254. The zero-order chi connectivity index (χ0) is 10.7. The van der Waals surface area contributed by atoms with Gasteiger partial charge in [0.2, 0.25) is 0 Å². The van der Waals surface area contributed by atoms with Crippen molar-refractivity contribution in [2.24, 2.45) is 0 Å². The van der Waals surface area contributed by atoms with E-state index in [1.807, 2.05) is 0 Å². The number of rotatable bonds is 3. The third kappa shape index (κ3) is 2.68. The van der Waals surface area contributed by atoms with Crippen molar-refractivity contribution >= 4 is 0 Å². The molecule has 1 heterocycles. The fourth-order valence-corrected chi connectivity index (χ4v) is 1.14. The van der Waals surface area contributed by atoms with Gasteiger partial charge in [0.25, 0.3) is 0 Å². The van der Waals surface area contributed by atoms with Crippen LogP contribution in [-0.4, -0.2) is 23.8 Å². The average Bonchev–Trinajstić information content (AvgIpc) is 2.07. The van der Waals surface area contributed by atoms with Crippen molar-refractivity contribution in [3.63, 3.8) is 0 Å². The first-order valence-corrected chi connectivity index (χ1v) is 4.27. The van der Waals surface area contributed by atoms with Gasteiger partial charge in [0, 0.05) is 12.2 Å². The summed E-state index contributed by atoms with van der Waals surface area (Å²) >= 11 is 0. The molecule has 80 valence electrons. The van der Waals surface area contributed by atoms with E-state index in [0.29, 0.717) is 0 Å². The second-order valence-electron chi connectivity index (χ2n) is 3.18. The number of hydrogen-bond acceptors (Lipinski definition) is 2. The molecule has 2 nitrogen and oxygen atoms in total. The van der Waals surface area contributed by atoms with E-state index >= 15 is 0 Å². The smallest absolute Gasteiger partial charge is 0.387 e. The van der Waals surface area contributed by atoms with Crippen molar-refractivity contribution < 1.29 is 17.9 Å². The van der Waals surface area contributed by atoms with Crippen LogP contribution in [0.1, 0.15) is 13.8 Å². The van der Waals surface area contributed by atoms with Crippen LogP contribution in [0.3, 0.4) is 0 Å². The first kappa shape index (κ1) is 10.9. The third-order valence-corrected chi connectivity index (χ3v) is 1.80. The highest BCUT2D eigenvalue weighted by molar-refractivity contribution is 5.18. The van der Waals surface area contributed by atoms with E-state index in [4.69, 9.17) is 0 Å². The zero-order valence-corrected chi connectivity index (χ0v) is 7.95. The van der Waals surface area contributed by atoms with Gasteiger partial charge in [-0.3, -0.25) is 0 Å². The Kier molecular flexibility index (Phi) is 3.43. The Balaban J connectivity index is 2.69. The van der Waals surface area contributed by atoms with Gasteiger partial charge < -0.3 is 9.64 Å². The van der Waals surface area contributed by atoms with Crippen LogP contribution in [0.2, 0.25) is 0 Å². The third-order valence-electron chi connectivity index (χ3n) is 1.80. The number of nitrogens with zero attached hydrogens (tertiary/aromatic N) is 1.